The first kappa shape index (κ1) is 16.8. The minimum Gasteiger partial charge on any atom is -0.497 e. The van der Waals surface area contributed by atoms with E-state index < -0.39 is 0 Å². The molecule has 0 radical (unpaired) electrons. The van der Waals surface area contributed by atoms with E-state index in [2.05, 4.69) is 22.2 Å². The van der Waals surface area contributed by atoms with Crippen molar-refractivity contribution in [2.24, 2.45) is 5.73 Å². The van der Waals surface area contributed by atoms with Gasteiger partial charge in [-0.3, -0.25) is 4.98 Å². The number of ether oxygens (including phenoxy) is 1. The maximum atomic E-state index is 9.04. The topological polar surface area (TPSA) is 81.3 Å². The molecule has 23 heavy (non-hydrogen) atoms. The van der Waals surface area contributed by atoms with Crippen molar-refractivity contribution in [3.05, 3.63) is 66.1 Å². The van der Waals surface area contributed by atoms with Gasteiger partial charge in [0.2, 0.25) is 5.05 Å². The molecule has 0 bridgehead atoms. The third-order valence-corrected chi connectivity index (χ3v) is 3.29. The number of hydrogen-bond acceptors (Lipinski definition) is 5. The summed E-state index contributed by atoms with van der Waals surface area (Å²) in [7, 11) is 1.65. The molecular weight excluding hydrogens is 310 g/mol. The highest BCUT2D eigenvalue weighted by Gasteiger charge is 2.00. The van der Waals surface area contributed by atoms with Crippen LogP contribution in [0.15, 0.2) is 54.9 Å². The molecule has 118 valence electrons. The summed E-state index contributed by atoms with van der Waals surface area (Å²) in [4.78, 5) is 8.10. The fourth-order valence-electron chi connectivity index (χ4n) is 1.88. The number of benzene rings is 1. The van der Waals surface area contributed by atoms with Gasteiger partial charge in [0, 0.05) is 24.3 Å². The van der Waals surface area contributed by atoms with E-state index in [1.807, 2.05) is 30.3 Å². The molecule has 0 aliphatic heterocycles. The second kappa shape index (κ2) is 8.17. The van der Waals surface area contributed by atoms with Gasteiger partial charge >= 0.3 is 0 Å². The smallest absolute Gasteiger partial charge is 0.207 e. The molecule has 5 nitrogen and oxygen atoms in total. The molecule has 0 saturated carbocycles. The number of nitrogens with two attached hydrogens (primary N) is 1. The fourth-order valence-corrected chi connectivity index (χ4v) is 2.00. The minimum absolute atomic E-state index is 0.182. The van der Waals surface area contributed by atoms with Crippen LogP contribution in [0.1, 0.15) is 11.3 Å². The van der Waals surface area contributed by atoms with Crippen LogP contribution in [-0.2, 0) is 6.54 Å². The molecule has 0 fully saturated rings. The molecule has 2 aromatic heterocycles. The highest BCUT2D eigenvalue weighted by atomic mass is 32.1. The first-order valence-electron chi connectivity index (χ1n) is 6.91. The molecule has 1 aromatic carbocycles. The van der Waals surface area contributed by atoms with Crippen molar-refractivity contribution in [1.82, 2.24) is 9.97 Å². The lowest BCUT2D eigenvalue weighted by Gasteiger charge is -2.00. The van der Waals surface area contributed by atoms with Crippen LogP contribution in [0.3, 0.4) is 0 Å². The van der Waals surface area contributed by atoms with Gasteiger partial charge in [-0.2, -0.15) is 0 Å². The van der Waals surface area contributed by atoms with Gasteiger partial charge in [0.15, 0.2) is 0 Å². The Morgan fingerprint density at radius 2 is 2.09 bits per heavy atom. The Bertz CT molecular complexity index is 789. The van der Waals surface area contributed by atoms with E-state index in [1.165, 1.54) is 0 Å². The van der Waals surface area contributed by atoms with Crippen molar-refractivity contribution in [3.8, 4) is 5.75 Å². The highest BCUT2D eigenvalue weighted by Crippen LogP contribution is 2.11. The van der Waals surface area contributed by atoms with Crippen molar-refractivity contribution < 1.29 is 9.84 Å². The minimum atomic E-state index is -0.182. The predicted octanol–water partition coefficient (Wildman–Crippen LogP) is 3.02. The predicted molar refractivity (Wildman–Crippen MR) is 94.8 cm³/mol. The number of rotatable bonds is 3. The zero-order valence-electron chi connectivity index (χ0n) is 12.6. The van der Waals surface area contributed by atoms with Gasteiger partial charge in [-0.15, -0.1) is 0 Å². The lowest BCUT2D eigenvalue weighted by atomic mass is 10.2. The van der Waals surface area contributed by atoms with Crippen molar-refractivity contribution in [2.45, 2.75) is 6.54 Å². The van der Waals surface area contributed by atoms with Gasteiger partial charge in [-0.1, -0.05) is 12.1 Å². The van der Waals surface area contributed by atoms with E-state index in [1.54, 1.807) is 31.6 Å². The van der Waals surface area contributed by atoms with Crippen LogP contribution in [0, 0.1) is 0 Å². The molecule has 0 aliphatic rings. The van der Waals surface area contributed by atoms with Crippen LogP contribution in [0.2, 0.25) is 0 Å². The Balaban J connectivity index is 0.000000174. The van der Waals surface area contributed by atoms with Gasteiger partial charge in [-0.25, -0.2) is 4.98 Å². The van der Waals surface area contributed by atoms with Crippen molar-refractivity contribution in [2.75, 3.05) is 7.11 Å². The molecule has 6 heteroatoms. The van der Waals surface area contributed by atoms with Crippen molar-refractivity contribution in [1.29, 1.82) is 0 Å². The van der Waals surface area contributed by atoms with Gasteiger partial charge in [-0.05, 0) is 48.1 Å². The summed E-state index contributed by atoms with van der Waals surface area (Å²) in [6.45, 7) is 0.567. The number of pyridine rings is 2. The molecule has 3 N–H and O–H groups in total. The lowest BCUT2D eigenvalue weighted by molar-refractivity contribution is 0.414. The number of aliphatic hydroxyl groups excluding tert-OH is 1. The van der Waals surface area contributed by atoms with Crippen LogP contribution in [0.25, 0.3) is 10.9 Å². The lowest BCUT2D eigenvalue weighted by Crippen LogP contribution is -1.98. The zero-order chi connectivity index (χ0) is 16.7. The number of aromatic nitrogens is 2. The Morgan fingerprint density at radius 1 is 1.26 bits per heavy atom. The molecule has 0 unspecified atom stereocenters. The summed E-state index contributed by atoms with van der Waals surface area (Å²) in [6, 6.07) is 13.0. The van der Waals surface area contributed by atoms with Crippen LogP contribution in [-0.4, -0.2) is 27.2 Å². The summed E-state index contributed by atoms with van der Waals surface area (Å²) in [5.41, 5.74) is 7.72. The maximum absolute atomic E-state index is 9.04. The number of fused-ring (bicyclic) bond motifs is 1. The second-order valence-corrected chi connectivity index (χ2v) is 5.01. The van der Waals surface area contributed by atoms with Gasteiger partial charge < -0.3 is 15.6 Å². The first-order valence-corrected chi connectivity index (χ1v) is 7.32. The quantitative estimate of drug-likeness (QED) is 0.720. The molecule has 0 spiro atoms. The average molecular weight is 327 g/mol. The zero-order valence-corrected chi connectivity index (χ0v) is 13.5. The molecular formula is C17H17N3O2S. The van der Waals surface area contributed by atoms with E-state index in [9.17, 15) is 0 Å². The molecule has 0 atom stereocenters. The molecule has 3 aromatic rings. The standard InChI is InChI=1S/C9H6N2OS.C8H11NO/c12-9(13)8-2-1-6-5-10-4-3-7(6)11-8;1-10-8-4-2-3-7(5-8)6-9/h1-5H,(H,12,13);2-5H,6,9H2,1H3. The number of thiocarbonyl (C=S) groups is 1. The monoisotopic (exact) mass is 327 g/mol. The third-order valence-electron chi connectivity index (χ3n) is 3.08. The van der Waals surface area contributed by atoms with E-state index in [0.29, 0.717) is 12.2 Å². The van der Waals surface area contributed by atoms with Crippen LogP contribution in [0.5, 0.6) is 5.75 Å². The molecule has 0 aliphatic carbocycles. The molecule has 0 amide bonds. The average Bonchev–Trinajstić information content (AvgIpc) is 2.61. The van der Waals surface area contributed by atoms with Crippen molar-refractivity contribution >= 4 is 28.2 Å². The number of hydrogen-bond donors (Lipinski definition) is 2. The van der Waals surface area contributed by atoms with Crippen LogP contribution < -0.4 is 10.5 Å². The van der Waals surface area contributed by atoms with E-state index in [-0.39, 0.29) is 5.05 Å². The summed E-state index contributed by atoms with van der Waals surface area (Å²) in [5, 5.41) is 9.79. The Hall–Kier alpha value is -2.57. The van der Waals surface area contributed by atoms with Crippen LogP contribution in [0.4, 0.5) is 0 Å². The summed E-state index contributed by atoms with van der Waals surface area (Å²) in [5.74, 6) is 0.864. The van der Waals surface area contributed by atoms with Gasteiger partial charge in [0.1, 0.15) is 11.4 Å². The van der Waals surface area contributed by atoms with Crippen LogP contribution >= 0.6 is 12.2 Å². The summed E-state index contributed by atoms with van der Waals surface area (Å²) in [6.07, 6.45) is 3.37. The van der Waals surface area contributed by atoms with E-state index in [0.717, 1.165) is 22.2 Å². The van der Waals surface area contributed by atoms with Gasteiger partial charge in [0.05, 0.1) is 12.6 Å². The van der Waals surface area contributed by atoms with E-state index >= 15 is 0 Å². The SMILES string of the molecule is COc1cccc(CN)c1.OC(=S)c1ccc2cnccc2n1. The normalized spacial score (nSPS) is 9.83. The molecule has 2 heterocycles. The Labute approximate surface area is 139 Å². The van der Waals surface area contributed by atoms with E-state index in [4.69, 9.17) is 15.6 Å². The third kappa shape index (κ3) is 4.70. The van der Waals surface area contributed by atoms with Gasteiger partial charge in [0.25, 0.3) is 0 Å². The first-order chi connectivity index (χ1) is 11.1. The number of nitrogens with zero attached hydrogens (tertiary/aromatic N) is 2. The second-order valence-electron chi connectivity index (χ2n) is 4.63. The fraction of sp³-hybridized carbons (Fsp3) is 0.118. The number of aliphatic hydroxyl groups is 1. The number of methoxy groups -OCH3 is 1. The highest BCUT2D eigenvalue weighted by molar-refractivity contribution is 7.80. The maximum Gasteiger partial charge on any atom is 0.207 e. The molecule has 0 saturated heterocycles. The Morgan fingerprint density at radius 3 is 2.78 bits per heavy atom. The largest absolute Gasteiger partial charge is 0.497 e. The molecule has 3 rings (SSSR count). The van der Waals surface area contributed by atoms with Crippen molar-refractivity contribution in [3.63, 3.8) is 0 Å². The summed E-state index contributed by atoms with van der Waals surface area (Å²) >= 11 is 4.60. The Kier molecular flexibility index (Phi) is 5.96. The summed E-state index contributed by atoms with van der Waals surface area (Å²) < 4.78 is 5.00.